The molecule has 12 heteroatoms. The smallest absolute Gasteiger partial charge is 0.395 e. The molecule has 8 nitrogen and oxygen atoms in total. The Bertz CT molecular complexity index is 1370. The molecule has 1 heterocycles. The van der Waals surface area contributed by atoms with E-state index in [4.69, 9.17) is 17.3 Å². The fraction of sp³-hybridized carbons (Fsp3) is 0.320. The number of hydrogen-bond acceptors (Lipinski definition) is 6. The molecule has 0 saturated heterocycles. The Balaban J connectivity index is 1.72. The maximum atomic E-state index is 13.3. The molecule has 0 atom stereocenters. The number of nitrogens with zero attached hydrogens (tertiary/aromatic N) is 3. The molecule has 0 aliphatic heterocycles. The number of nitrogens with two attached hydrogens (primary N) is 1. The van der Waals surface area contributed by atoms with E-state index in [0.717, 1.165) is 25.7 Å². The number of anilines is 1. The number of allylic oxidation sites excluding steroid dienone is 1. The molecular formula is C25H22ClF3N6O2. The molecule has 2 aliphatic carbocycles. The molecule has 1 aromatic carbocycles. The molecule has 0 bridgehead atoms. The van der Waals surface area contributed by atoms with Crippen LogP contribution in [0, 0.1) is 24.2 Å². The molecule has 0 spiro atoms. The zero-order valence-corrected chi connectivity index (χ0v) is 20.4. The number of carbonyl (C=O) groups is 2. The largest absolute Gasteiger partial charge is 0.430 e. The van der Waals surface area contributed by atoms with Crippen LogP contribution in [0.25, 0.3) is 0 Å². The van der Waals surface area contributed by atoms with Gasteiger partial charge in [0, 0.05) is 11.7 Å². The first-order valence-corrected chi connectivity index (χ1v) is 11.7. The number of amides is 2. The van der Waals surface area contributed by atoms with Crippen molar-refractivity contribution in [1.82, 2.24) is 10.3 Å². The van der Waals surface area contributed by atoms with Crippen molar-refractivity contribution in [2.75, 3.05) is 5.32 Å². The quantitative estimate of drug-likeness (QED) is 0.446. The topological polar surface area (TPSA) is 133 Å². The van der Waals surface area contributed by atoms with Crippen LogP contribution in [0.5, 0.6) is 0 Å². The Morgan fingerprint density at radius 2 is 2.03 bits per heavy atom. The van der Waals surface area contributed by atoms with Crippen molar-refractivity contribution in [3.63, 3.8) is 0 Å². The SMILES string of the molecule is Cc1cc(C#N)cc(C(=O)NC2(C3CC3)CC2)c1NC(=O)C(C=C(N)C(F)(F)F)=Nc1ncccc1Cl. The molecule has 2 saturated carbocycles. The van der Waals surface area contributed by atoms with Gasteiger partial charge in [-0.3, -0.25) is 9.59 Å². The number of benzene rings is 1. The van der Waals surface area contributed by atoms with Crippen molar-refractivity contribution in [1.29, 1.82) is 5.26 Å². The fourth-order valence-corrected chi connectivity index (χ4v) is 4.19. The first kappa shape index (κ1) is 26.2. The van der Waals surface area contributed by atoms with Gasteiger partial charge in [-0.2, -0.15) is 18.4 Å². The van der Waals surface area contributed by atoms with Gasteiger partial charge in [0.2, 0.25) is 0 Å². The van der Waals surface area contributed by atoms with Crippen LogP contribution in [0.2, 0.25) is 5.02 Å². The monoisotopic (exact) mass is 530 g/mol. The first-order valence-electron chi connectivity index (χ1n) is 11.4. The second-order valence-electron chi connectivity index (χ2n) is 9.07. The maximum Gasteiger partial charge on any atom is 0.430 e. The summed E-state index contributed by atoms with van der Waals surface area (Å²) in [4.78, 5) is 34.3. The summed E-state index contributed by atoms with van der Waals surface area (Å²) in [6.45, 7) is 1.56. The van der Waals surface area contributed by atoms with Crippen LogP contribution in [0.4, 0.5) is 24.7 Å². The normalized spacial score (nSPS) is 17.1. The molecule has 37 heavy (non-hydrogen) atoms. The van der Waals surface area contributed by atoms with E-state index in [1.165, 1.54) is 30.5 Å². The Hall–Kier alpha value is -3.91. The summed E-state index contributed by atoms with van der Waals surface area (Å²) in [6.07, 6.45) is 0.458. The minimum Gasteiger partial charge on any atom is -0.395 e. The van der Waals surface area contributed by atoms with E-state index in [9.17, 15) is 28.0 Å². The van der Waals surface area contributed by atoms with Crippen molar-refractivity contribution in [2.24, 2.45) is 16.6 Å². The number of halogens is 4. The molecule has 0 unspecified atom stereocenters. The van der Waals surface area contributed by atoms with Crippen molar-refractivity contribution in [3.8, 4) is 6.07 Å². The van der Waals surface area contributed by atoms with Gasteiger partial charge in [-0.25, -0.2) is 9.98 Å². The zero-order valence-electron chi connectivity index (χ0n) is 19.6. The van der Waals surface area contributed by atoms with Gasteiger partial charge in [-0.1, -0.05) is 11.6 Å². The molecule has 4 N–H and O–H groups in total. The van der Waals surface area contributed by atoms with Crippen LogP contribution < -0.4 is 16.4 Å². The summed E-state index contributed by atoms with van der Waals surface area (Å²) in [5, 5.41) is 14.9. The van der Waals surface area contributed by atoms with Crippen LogP contribution in [0.3, 0.4) is 0 Å². The molecule has 0 radical (unpaired) electrons. The summed E-state index contributed by atoms with van der Waals surface area (Å²) < 4.78 is 39.5. The van der Waals surface area contributed by atoms with Crippen LogP contribution >= 0.6 is 11.6 Å². The van der Waals surface area contributed by atoms with E-state index >= 15 is 0 Å². The summed E-state index contributed by atoms with van der Waals surface area (Å²) in [7, 11) is 0. The maximum absolute atomic E-state index is 13.3. The van der Waals surface area contributed by atoms with Gasteiger partial charge in [0.25, 0.3) is 11.8 Å². The van der Waals surface area contributed by atoms with Gasteiger partial charge in [-0.05, 0) is 74.4 Å². The number of aliphatic imine (C=N–C) groups is 1. The molecule has 1 aromatic heterocycles. The van der Waals surface area contributed by atoms with E-state index in [1.54, 1.807) is 6.92 Å². The lowest BCUT2D eigenvalue weighted by Crippen LogP contribution is -2.39. The van der Waals surface area contributed by atoms with Gasteiger partial charge < -0.3 is 16.4 Å². The van der Waals surface area contributed by atoms with Gasteiger partial charge in [0.05, 0.1) is 27.9 Å². The van der Waals surface area contributed by atoms with Gasteiger partial charge in [-0.15, -0.1) is 0 Å². The highest BCUT2D eigenvalue weighted by Gasteiger charge is 2.55. The van der Waals surface area contributed by atoms with Crippen LogP contribution in [0.15, 0.2) is 47.2 Å². The second-order valence-corrected chi connectivity index (χ2v) is 9.48. The lowest BCUT2D eigenvalue weighted by Gasteiger charge is -2.20. The number of aromatic nitrogens is 1. The standard InChI is InChI=1S/C25H22ClF3N6O2/c1-13-9-14(12-30)10-16(22(36)35-24(6-7-24)15-4-5-15)20(13)34-23(37)18(11-19(31)25(27,28)29)33-21-17(26)3-2-8-32-21/h2-3,8-11,15H,4-7,31H2,1H3,(H,34,37)(H,35,36). The third-order valence-electron chi connectivity index (χ3n) is 6.28. The molecule has 2 aromatic rings. The van der Waals surface area contributed by atoms with Crippen molar-refractivity contribution < 1.29 is 22.8 Å². The summed E-state index contributed by atoms with van der Waals surface area (Å²) in [5.41, 5.74) is 3.15. The Morgan fingerprint density at radius 3 is 2.59 bits per heavy atom. The van der Waals surface area contributed by atoms with E-state index in [1.807, 2.05) is 6.07 Å². The van der Waals surface area contributed by atoms with Gasteiger partial charge >= 0.3 is 6.18 Å². The lowest BCUT2D eigenvalue weighted by molar-refractivity contribution is -0.110. The van der Waals surface area contributed by atoms with Gasteiger partial charge in [0.15, 0.2) is 5.82 Å². The molecule has 4 rings (SSSR count). The number of carbonyl (C=O) groups excluding carboxylic acids is 2. The van der Waals surface area contributed by atoms with E-state index in [0.29, 0.717) is 17.6 Å². The molecule has 192 valence electrons. The van der Waals surface area contributed by atoms with E-state index in [-0.39, 0.29) is 33.2 Å². The minimum atomic E-state index is -4.92. The predicted octanol–water partition coefficient (Wildman–Crippen LogP) is 4.70. The second kappa shape index (κ2) is 9.86. The highest BCUT2D eigenvalue weighted by molar-refractivity contribution is 6.48. The lowest BCUT2D eigenvalue weighted by atomic mass is 10.0. The Morgan fingerprint density at radius 1 is 1.32 bits per heavy atom. The Kier molecular flexibility index (Phi) is 6.97. The highest BCUT2D eigenvalue weighted by atomic mass is 35.5. The molecule has 2 aliphatic rings. The number of nitriles is 1. The van der Waals surface area contributed by atoms with Crippen molar-refractivity contribution in [2.45, 2.75) is 44.3 Å². The first-order chi connectivity index (χ1) is 17.4. The van der Waals surface area contributed by atoms with Crippen LogP contribution in [-0.2, 0) is 4.79 Å². The van der Waals surface area contributed by atoms with Crippen molar-refractivity contribution in [3.05, 3.63) is 63.9 Å². The number of pyridine rings is 1. The average molecular weight is 531 g/mol. The average Bonchev–Trinajstić information content (AvgIpc) is 3.75. The fourth-order valence-electron chi connectivity index (χ4n) is 4.03. The number of nitrogens with one attached hydrogen (secondary N) is 2. The third-order valence-corrected chi connectivity index (χ3v) is 6.57. The number of hydrogen-bond donors (Lipinski definition) is 3. The summed E-state index contributed by atoms with van der Waals surface area (Å²) in [6, 6.07) is 7.64. The van der Waals surface area contributed by atoms with Crippen molar-refractivity contribution >= 4 is 40.6 Å². The van der Waals surface area contributed by atoms with E-state index in [2.05, 4.69) is 20.6 Å². The molecule has 2 amide bonds. The molecular weight excluding hydrogens is 509 g/mol. The number of rotatable bonds is 7. The van der Waals surface area contributed by atoms with Crippen LogP contribution in [-0.4, -0.2) is 34.2 Å². The van der Waals surface area contributed by atoms with Gasteiger partial charge in [0.1, 0.15) is 11.4 Å². The highest BCUT2D eigenvalue weighted by Crippen LogP contribution is 2.53. The summed E-state index contributed by atoms with van der Waals surface area (Å²) in [5.74, 6) is -1.38. The number of alkyl halides is 3. The minimum absolute atomic E-state index is 0.00351. The third kappa shape index (κ3) is 5.91. The summed E-state index contributed by atoms with van der Waals surface area (Å²) >= 11 is 6.02. The van der Waals surface area contributed by atoms with E-state index < -0.39 is 29.4 Å². The number of aryl methyl sites for hydroxylation is 1. The van der Waals surface area contributed by atoms with Crippen LogP contribution in [0.1, 0.15) is 47.2 Å². The zero-order chi connectivity index (χ0) is 27.0. The molecule has 2 fully saturated rings. The Labute approximate surface area is 215 Å². The predicted molar refractivity (Wildman–Crippen MR) is 131 cm³/mol.